The van der Waals surface area contributed by atoms with Gasteiger partial charge in [0.15, 0.2) is 0 Å². The van der Waals surface area contributed by atoms with Crippen molar-refractivity contribution in [3.05, 3.63) is 48.5 Å². The fourth-order valence-corrected chi connectivity index (χ4v) is 4.75. The minimum atomic E-state index is 0.859. The summed E-state index contributed by atoms with van der Waals surface area (Å²) in [4.78, 5) is 17.3. The molecule has 5 rings (SSSR count). The Morgan fingerprint density at radius 2 is 1.35 bits per heavy atom. The maximum Gasteiger partial charge on any atom is 0.228 e. The molecule has 0 aliphatic carbocycles. The van der Waals surface area contributed by atoms with Gasteiger partial charge in [0.05, 0.1) is 18.3 Å². The topological polar surface area (TPSA) is 44.7 Å². The van der Waals surface area contributed by atoms with E-state index in [1.807, 2.05) is 12.1 Å². The second-order valence-corrected chi connectivity index (χ2v) is 8.41. The summed E-state index contributed by atoms with van der Waals surface area (Å²) in [5.41, 5.74) is 2.20. The summed E-state index contributed by atoms with van der Waals surface area (Å²) in [6, 6.07) is 16.7. The van der Waals surface area contributed by atoms with E-state index >= 15 is 0 Å². The van der Waals surface area contributed by atoms with E-state index in [9.17, 15) is 0 Å². The van der Waals surface area contributed by atoms with Gasteiger partial charge in [0.25, 0.3) is 0 Å². The van der Waals surface area contributed by atoms with Gasteiger partial charge in [0, 0.05) is 44.7 Å². The Balaban J connectivity index is 1.40. The van der Waals surface area contributed by atoms with Crippen molar-refractivity contribution in [3.8, 4) is 5.75 Å². The molecular formula is C25H31N5O. The van der Waals surface area contributed by atoms with Crippen LogP contribution in [0.4, 0.5) is 17.5 Å². The molecule has 0 radical (unpaired) electrons. The van der Waals surface area contributed by atoms with Crippen molar-refractivity contribution in [2.24, 2.45) is 0 Å². The molecule has 2 fully saturated rings. The van der Waals surface area contributed by atoms with Crippen LogP contribution in [0, 0.1) is 0 Å². The van der Waals surface area contributed by atoms with Crippen molar-refractivity contribution < 1.29 is 4.74 Å². The molecule has 6 nitrogen and oxygen atoms in total. The minimum Gasteiger partial charge on any atom is -0.495 e. The third-order valence-corrected chi connectivity index (χ3v) is 6.47. The van der Waals surface area contributed by atoms with E-state index in [2.05, 4.69) is 51.1 Å². The van der Waals surface area contributed by atoms with E-state index in [0.717, 1.165) is 68.0 Å². The molecule has 31 heavy (non-hydrogen) atoms. The molecular weight excluding hydrogens is 386 g/mol. The number of nitrogens with zero attached hydrogens (tertiary/aromatic N) is 5. The zero-order valence-electron chi connectivity index (χ0n) is 18.3. The van der Waals surface area contributed by atoms with Gasteiger partial charge >= 0.3 is 0 Å². The van der Waals surface area contributed by atoms with E-state index in [1.54, 1.807) is 7.11 Å². The van der Waals surface area contributed by atoms with Crippen LogP contribution >= 0.6 is 0 Å². The third-order valence-electron chi connectivity index (χ3n) is 6.47. The summed E-state index contributed by atoms with van der Waals surface area (Å²) in [5, 5.41) is 1.17. The van der Waals surface area contributed by atoms with Crippen molar-refractivity contribution in [3.63, 3.8) is 0 Å². The summed E-state index contributed by atoms with van der Waals surface area (Å²) in [6.07, 6.45) is 5.12. The zero-order chi connectivity index (χ0) is 21.0. The minimum absolute atomic E-state index is 0.859. The molecule has 2 saturated heterocycles. The summed E-state index contributed by atoms with van der Waals surface area (Å²) < 4.78 is 5.57. The molecule has 3 heterocycles. The predicted octanol–water partition coefficient (Wildman–Crippen LogP) is 4.35. The van der Waals surface area contributed by atoms with Crippen LogP contribution in [0.25, 0.3) is 10.9 Å². The Bertz CT molecular complexity index is 1020. The molecule has 0 bridgehead atoms. The molecule has 2 aliphatic rings. The smallest absolute Gasteiger partial charge is 0.228 e. The molecule has 0 unspecified atom stereocenters. The molecule has 0 spiro atoms. The van der Waals surface area contributed by atoms with Crippen LogP contribution in [0.3, 0.4) is 0 Å². The van der Waals surface area contributed by atoms with E-state index in [-0.39, 0.29) is 0 Å². The normalized spacial score (nSPS) is 17.6. The Kier molecular flexibility index (Phi) is 5.78. The number of methoxy groups -OCH3 is 1. The maximum absolute atomic E-state index is 5.57. The average Bonchev–Trinajstić information content (AvgIpc) is 3.13. The Morgan fingerprint density at radius 1 is 0.677 bits per heavy atom. The first-order valence-corrected chi connectivity index (χ1v) is 11.5. The van der Waals surface area contributed by atoms with Gasteiger partial charge in [0.2, 0.25) is 5.95 Å². The van der Waals surface area contributed by atoms with Gasteiger partial charge in [-0.1, -0.05) is 37.1 Å². The van der Waals surface area contributed by atoms with Crippen molar-refractivity contribution >= 4 is 28.4 Å². The molecule has 3 aromatic rings. The Labute approximate surface area is 184 Å². The van der Waals surface area contributed by atoms with Crippen LogP contribution in [0.2, 0.25) is 0 Å². The highest BCUT2D eigenvalue weighted by Crippen LogP contribution is 2.31. The molecule has 2 aromatic carbocycles. The lowest BCUT2D eigenvalue weighted by molar-refractivity contribution is 0.413. The first-order chi connectivity index (χ1) is 15.3. The zero-order valence-corrected chi connectivity index (χ0v) is 18.3. The van der Waals surface area contributed by atoms with Crippen LogP contribution < -0.4 is 19.4 Å². The fraction of sp³-hybridized carbons (Fsp3) is 0.440. The Morgan fingerprint density at radius 3 is 2.13 bits per heavy atom. The molecule has 2 aliphatic heterocycles. The van der Waals surface area contributed by atoms with Gasteiger partial charge in [-0.2, -0.15) is 4.98 Å². The highest BCUT2D eigenvalue weighted by Gasteiger charge is 2.23. The summed E-state index contributed by atoms with van der Waals surface area (Å²) >= 11 is 0. The lowest BCUT2D eigenvalue weighted by atomic mass is 10.2. The first kappa shape index (κ1) is 19.9. The summed E-state index contributed by atoms with van der Waals surface area (Å²) in [5.74, 6) is 2.90. The molecule has 0 amide bonds. The SMILES string of the molecule is COc1ccccc1N1CCN(c2nc(N3CCCCCC3)c3ccccc3n2)CC1. The van der Waals surface area contributed by atoms with Crippen LogP contribution in [-0.2, 0) is 0 Å². The molecule has 162 valence electrons. The van der Waals surface area contributed by atoms with Crippen molar-refractivity contribution in [1.29, 1.82) is 0 Å². The Hall–Kier alpha value is -3.02. The number of para-hydroxylation sites is 3. The first-order valence-electron chi connectivity index (χ1n) is 11.5. The molecule has 0 saturated carbocycles. The third kappa shape index (κ3) is 4.11. The van der Waals surface area contributed by atoms with Crippen molar-refractivity contribution in [1.82, 2.24) is 9.97 Å². The lowest BCUT2D eigenvalue weighted by Crippen LogP contribution is -2.47. The second kappa shape index (κ2) is 9.00. The highest BCUT2D eigenvalue weighted by molar-refractivity contribution is 5.90. The summed E-state index contributed by atoms with van der Waals surface area (Å²) in [6.45, 7) is 5.82. The van der Waals surface area contributed by atoms with E-state index in [4.69, 9.17) is 14.7 Å². The van der Waals surface area contributed by atoms with Crippen molar-refractivity contribution in [2.75, 3.05) is 61.1 Å². The quantitative estimate of drug-likeness (QED) is 0.629. The predicted molar refractivity (Wildman–Crippen MR) is 128 cm³/mol. The van der Waals surface area contributed by atoms with E-state index in [0.29, 0.717) is 0 Å². The number of ether oxygens (including phenoxy) is 1. The van der Waals surface area contributed by atoms with Crippen LogP contribution in [0.5, 0.6) is 5.75 Å². The molecule has 1 aromatic heterocycles. The largest absolute Gasteiger partial charge is 0.495 e. The number of rotatable bonds is 4. The molecule has 0 atom stereocenters. The number of benzene rings is 2. The monoisotopic (exact) mass is 417 g/mol. The van der Waals surface area contributed by atoms with Gasteiger partial charge in [-0.3, -0.25) is 0 Å². The summed E-state index contributed by atoms with van der Waals surface area (Å²) in [7, 11) is 1.74. The number of anilines is 3. The van der Waals surface area contributed by atoms with E-state index in [1.165, 1.54) is 31.1 Å². The van der Waals surface area contributed by atoms with E-state index < -0.39 is 0 Å². The highest BCUT2D eigenvalue weighted by atomic mass is 16.5. The van der Waals surface area contributed by atoms with Gasteiger partial charge in [0.1, 0.15) is 11.6 Å². The lowest BCUT2D eigenvalue weighted by Gasteiger charge is -2.37. The molecule has 0 N–H and O–H groups in total. The number of aromatic nitrogens is 2. The van der Waals surface area contributed by atoms with Crippen LogP contribution in [0.1, 0.15) is 25.7 Å². The number of piperazine rings is 1. The maximum atomic E-state index is 5.57. The number of hydrogen-bond donors (Lipinski definition) is 0. The fourth-order valence-electron chi connectivity index (χ4n) is 4.75. The van der Waals surface area contributed by atoms with Gasteiger partial charge in [-0.05, 0) is 37.1 Å². The average molecular weight is 418 g/mol. The van der Waals surface area contributed by atoms with Gasteiger partial charge in [-0.25, -0.2) is 4.98 Å². The van der Waals surface area contributed by atoms with Crippen molar-refractivity contribution in [2.45, 2.75) is 25.7 Å². The number of fused-ring (bicyclic) bond motifs is 1. The van der Waals surface area contributed by atoms with Gasteiger partial charge < -0.3 is 19.4 Å². The van der Waals surface area contributed by atoms with Crippen LogP contribution in [-0.4, -0.2) is 56.3 Å². The van der Waals surface area contributed by atoms with Gasteiger partial charge in [-0.15, -0.1) is 0 Å². The second-order valence-electron chi connectivity index (χ2n) is 8.41. The standard InChI is InChI=1S/C25H31N5O/c1-31-23-13-7-6-12-22(23)28-16-18-30(19-17-28)25-26-21-11-5-4-10-20(21)24(27-25)29-14-8-2-3-9-15-29/h4-7,10-13H,2-3,8-9,14-19H2,1H3. The molecule has 6 heteroatoms. The van der Waals surface area contributed by atoms with Crippen LogP contribution in [0.15, 0.2) is 48.5 Å². The number of hydrogen-bond acceptors (Lipinski definition) is 6.